The van der Waals surface area contributed by atoms with Crippen molar-refractivity contribution in [1.82, 2.24) is 15.1 Å². The summed E-state index contributed by atoms with van der Waals surface area (Å²) < 4.78 is 16.5. The highest BCUT2D eigenvalue weighted by Gasteiger charge is 2.28. The molecular formula is C26H29N3O5S. The van der Waals surface area contributed by atoms with E-state index in [4.69, 9.17) is 14.2 Å². The summed E-state index contributed by atoms with van der Waals surface area (Å²) in [6, 6.07) is 12.7. The number of aromatic nitrogens is 2. The van der Waals surface area contributed by atoms with Gasteiger partial charge in [-0.3, -0.25) is 4.79 Å². The average Bonchev–Trinajstić information content (AvgIpc) is 3.47. The van der Waals surface area contributed by atoms with E-state index in [2.05, 4.69) is 17.1 Å². The molecule has 2 aromatic carbocycles. The van der Waals surface area contributed by atoms with E-state index in [-0.39, 0.29) is 5.91 Å². The predicted molar refractivity (Wildman–Crippen MR) is 132 cm³/mol. The smallest absolute Gasteiger partial charge is 0.337 e. The van der Waals surface area contributed by atoms with Crippen molar-refractivity contribution >= 4 is 23.2 Å². The maximum absolute atomic E-state index is 12.3. The summed E-state index contributed by atoms with van der Waals surface area (Å²) in [6.45, 7) is 7.08. The van der Waals surface area contributed by atoms with Gasteiger partial charge in [-0.05, 0) is 56.2 Å². The van der Waals surface area contributed by atoms with Gasteiger partial charge in [0.2, 0.25) is 5.91 Å². The van der Waals surface area contributed by atoms with Gasteiger partial charge in [0.05, 0.1) is 12.7 Å². The summed E-state index contributed by atoms with van der Waals surface area (Å²) in [6.07, 6.45) is 0.548. The molecule has 0 bridgehead atoms. The first-order valence-electron chi connectivity index (χ1n) is 11.4. The lowest BCUT2D eigenvalue weighted by atomic mass is 10.1. The Morgan fingerprint density at radius 1 is 1.14 bits per heavy atom. The molecule has 184 valence electrons. The number of amides is 1. The summed E-state index contributed by atoms with van der Waals surface area (Å²) in [4.78, 5) is 26.3. The van der Waals surface area contributed by atoms with E-state index in [1.807, 2.05) is 49.1 Å². The molecule has 1 fully saturated rings. The van der Waals surface area contributed by atoms with E-state index in [0.29, 0.717) is 42.5 Å². The zero-order chi connectivity index (χ0) is 25.2. The van der Waals surface area contributed by atoms with Crippen molar-refractivity contribution in [3.63, 3.8) is 0 Å². The third-order valence-corrected chi connectivity index (χ3v) is 7.31. The van der Waals surface area contributed by atoms with Gasteiger partial charge in [-0.25, -0.2) is 4.79 Å². The SMILES string of the molecule is COC(=O)c1ccc(CN2C[C@@H](C)CC2=O)c(Oc2ccc(-c3nnc(C(C)(C)OC)s3)cc2)c1. The topological polar surface area (TPSA) is 90.9 Å². The normalized spacial score (nSPS) is 16.0. The van der Waals surface area contributed by atoms with Gasteiger partial charge < -0.3 is 19.1 Å². The summed E-state index contributed by atoms with van der Waals surface area (Å²) >= 11 is 1.48. The number of hydrogen-bond donors (Lipinski definition) is 0. The Kier molecular flexibility index (Phi) is 7.18. The van der Waals surface area contributed by atoms with Crippen LogP contribution in [0.2, 0.25) is 0 Å². The molecule has 1 aliphatic rings. The Labute approximate surface area is 208 Å². The number of esters is 1. The van der Waals surface area contributed by atoms with Crippen LogP contribution in [0.1, 0.15) is 48.1 Å². The summed E-state index contributed by atoms with van der Waals surface area (Å²) in [5.41, 5.74) is 1.60. The summed E-state index contributed by atoms with van der Waals surface area (Å²) in [5, 5.41) is 10.1. The van der Waals surface area contributed by atoms with Crippen molar-refractivity contribution in [2.24, 2.45) is 5.92 Å². The van der Waals surface area contributed by atoms with Crippen molar-refractivity contribution in [1.29, 1.82) is 0 Å². The first-order valence-corrected chi connectivity index (χ1v) is 12.2. The van der Waals surface area contributed by atoms with E-state index in [0.717, 1.165) is 21.1 Å². The number of carbonyl (C=O) groups is 2. The van der Waals surface area contributed by atoms with Crippen molar-refractivity contribution in [2.45, 2.75) is 39.3 Å². The van der Waals surface area contributed by atoms with Crippen LogP contribution in [-0.4, -0.2) is 47.7 Å². The molecule has 0 unspecified atom stereocenters. The van der Waals surface area contributed by atoms with Gasteiger partial charge >= 0.3 is 5.97 Å². The number of benzene rings is 2. The fraction of sp³-hybridized carbons (Fsp3) is 0.385. The van der Waals surface area contributed by atoms with E-state index >= 15 is 0 Å². The van der Waals surface area contributed by atoms with Gasteiger partial charge in [0, 0.05) is 37.7 Å². The number of ether oxygens (including phenoxy) is 3. The van der Waals surface area contributed by atoms with Crippen LogP contribution in [0.5, 0.6) is 11.5 Å². The minimum absolute atomic E-state index is 0.123. The molecule has 0 N–H and O–H groups in total. The summed E-state index contributed by atoms with van der Waals surface area (Å²) in [7, 11) is 2.99. The number of nitrogens with zero attached hydrogens (tertiary/aromatic N) is 3. The molecule has 1 aromatic heterocycles. The molecule has 0 spiro atoms. The minimum Gasteiger partial charge on any atom is -0.465 e. The van der Waals surface area contributed by atoms with E-state index in [1.165, 1.54) is 18.4 Å². The number of hydrogen-bond acceptors (Lipinski definition) is 8. The van der Waals surface area contributed by atoms with Crippen molar-refractivity contribution in [3.8, 4) is 22.1 Å². The Balaban J connectivity index is 1.57. The van der Waals surface area contributed by atoms with Crippen LogP contribution in [0.15, 0.2) is 42.5 Å². The molecule has 1 saturated heterocycles. The molecule has 1 atom stereocenters. The molecule has 1 aliphatic heterocycles. The molecular weight excluding hydrogens is 466 g/mol. The highest BCUT2D eigenvalue weighted by atomic mass is 32.1. The molecule has 8 nitrogen and oxygen atoms in total. The molecule has 9 heteroatoms. The van der Waals surface area contributed by atoms with Crippen molar-refractivity contribution < 1.29 is 23.8 Å². The Bertz CT molecular complexity index is 1220. The Morgan fingerprint density at radius 3 is 2.51 bits per heavy atom. The number of methoxy groups -OCH3 is 2. The fourth-order valence-electron chi connectivity index (χ4n) is 3.82. The van der Waals surface area contributed by atoms with E-state index in [9.17, 15) is 9.59 Å². The van der Waals surface area contributed by atoms with Crippen LogP contribution in [-0.2, 0) is 26.4 Å². The Morgan fingerprint density at radius 2 is 1.89 bits per heavy atom. The minimum atomic E-state index is -0.505. The zero-order valence-electron chi connectivity index (χ0n) is 20.5. The van der Waals surface area contributed by atoms with Gasteiger partial charge in [0.1, 0.15) is 27.1 Å². The van der Waals surface area contributed by atoms with Crippen molar-refractivity contribution in [3.05, 3.63) is 58.6 Å². The lowest BCUT2D eigenvalue weighted by Gasteiger charge is -2.19. The van der Waals surface area contributed by atoms with Crippen LogP contribution in [0, 0.1) is 5.92 Å². The van der Waals surface area contributed by atoms with Crippen LogP contribution in [0.3, 0.4) is 0 Å². The number of carbonyl (C=O) groups excluding carboxylic acids is 2. The van der Waals surface area contributed by atoms with Gasteiger partial charge in [-0.1, -0.05) is 24.3 Å². The van der Waals surface area contributed by atoms with E-state index < -0.39 is 11.6 Å². The largest absolute Gasteiger partial charge is 0.465 e. The van der Waals surface area contributed by atoms with Crippen molar-refractivity contribution in [2.75, 3.05) is 20.8 Å². The molecule has 2 heterocycles. The standard InChI is InChI=1S/C26H29N3O5S/c1-16-12-22(30)29(14-16)15-19-7-6-18(24(31)32-4)13-21(19)34-20-10-8-17(9-11-20)23-27-28-25(35-23)26(2,3)33-5/h6-11,13,16H,12,14-15H2,1-5H3/t16-/m0/s1. The van der Waals surface area contributed by atoms with Crippen LogP contribution >= 0.6 is 11.3 Å². The third-order valence-electron chi connectivity index (χ3n) is 6.04. The van der Waals surface area contributed by atoms with Gasteiger partial charge in [-0.2, -0.15) is 0 Å². The lowest BCUT2D eigenvalue weighted by molar-refractivity contribution is -0.128. The second kappa shape index (κ2) is 10.1. The molecule has 1 amide bonds. The number of likely N-dealkylation sites (tertiary alicyclic amines) is 1. The lowest BCUT2D eigenvalue weighted by Crippen LogP contribution is -2.24. The van der Waals surface area contributed by atoms with Gasteiger partial charge in [0.15, 0.2) is 0 Å². The van der Waals surface area contributed by atoms with Crippen LogP contribution in [0.4, 0.5) is 0 Å². The predicted octanol–water partition coefficient (Wildman–Crippen LogP) is 5.03. The molecule has 0 radical (unpaired) electrons. The highest BCUT2D eigenvalue weighted by molar-refractivity contribution is 7.14. The fourth-order valence-corrected chi connectivity index (χ4v) is 4.75. The maximum atomic E-state index is 12.3. The number of rotatable bonds is 8. The summed E-state index contributed by atoms with van der Waals surface area (Å²) in [5.74, 6) is 1.10. The molecule has 0 aliphatic carbocycles. The third kappa shape index (κ3) is 5.52. The van der Waals surface area contributed by atoms with Gasteiger partial charge in [0.25, 0.3) is 0 Å². The van der Waals surface area contributed by atoms with Crippen LogP contribution in [0.25, 0.3) is 10.6 Å². The zero-order valence-corrected chi connectivity index (χ0v) is 21.3. The van der Waals surface area contributed by atoms with E-state index in [1.54, 1.807) is 19.2 Å². The van der Waals surface area contributed by atoms with Crippen LogP contribution < -0.4 is 4.74 Å². The highest BCUT2D eigenvalue weighted by Crippen LogP contribution is 2.34. The quantitative estimate of drug-likeness (QED) is 0.405. The first-order chi connectivity index (χ1) is 16.7. The maximum Gasteiger partial charge on any atom is 0.337 e. The monoisotopic (exact) mass is 495 g/mol. The van der Waals surface area contributed by atoms with Gasteiger partial charge in [-0.15, -0.1) is 10.2 Å². The average molecular weight is 496 g/mol. The molecule has 35 heavy (non-hydrogen) atoms. The molecule has 4 rings (SSSR count). The molecule has 0 saturated carbocycles. The molecule has 3 aromatic rings. The second-order valence-corrected chi connectivity index (χ2v) is 10.1. The Hall–Kier alpha value is -3.30. The second-order valence-electron chi connectivity index (χ2n) is 9.15. The first kappa shape index (κ1) is 24.8.